The van der Waals surface area contributed by atoms with Crippen LogP contribution in [0, 0.1) is 0 Å². The number of thiophene rings is 1. The second-order valence-electron chi connectivity index (χ2n) is 4.73. The van der Waals surface area contributed by atoms with Crippen LogP contribution in [0.3, 0.4) is 0 Å². The van der Waals surface area contributed by atoms with Gasteiger partial charge in [0.2, 0.25) is 17.7 Å². The minimum atomic E-state index is -4.65. The SMILES string of the molecule is Nc1nc(NC2CCCc3sccc32)nc(C(F)(F)F)n1. The van der Waals surface area contributed by atoms with Gasteiger partial charge in [0, 0.05) is 4.88 Å². The zero-order valence-electron chi connectivity index (χ0n) is 10.8. The fourth-order valence-corrected chi connectivity index (χ4v) is 3.36. The van der Waals surface area contributed by atoms with Crippen LogP contribution < -0.4 is 11.1 Å². The molecule has 0 radical (unpaired) electrons. The zero-order valence-corrected chi connectivity index (χ0v) is 11.6. The highest BCUT2D eigenvalue weighted by molar-refractivity contribution is 7.10. The highest BCUT2D eigenvalue weighted by Gasteiger charge is 2.36. The maximum absolute atomic E-state index is 12.7. The van der Waals surface area contributed by atoms with Crippen LogP contribution in [0.2, 0.25) is 0 Å². The zero-order chi connectivity index (χ0) is 15.0. The maximum atomic E-state index is 12.7. The van der Waals surface area contributed by atoms with Crippen molar-refractivity contribution >= 4 is 23.2 Å². The molecule has 0 saturated heterocycles. The third-order valence-corrected chi connectivity index (χ3v) is 4.26. The van der Waals surface area contributed by atoms with E-state index in [9.17, 15) is 13.2 Å². The second kappa shape index (κ2) is 5.14. The van der Waals surface area contributed by atoms with E-state index in [2.05, 4.69) is 20.3 Å². The molecule has 0 bridgehead atoms. The third-order valence-electron chi connectivity index (χ3n) is 3.26. The maximum Gasteiger partial charge on any atom is 0.451 e. The van der Waals surface area contributed by atoms with Crippen molar-refractivity contribution in [3.05, 3.63) is 27.7 Å². The van der Waals surface area contributed by atoms with Crippen LogP contribution in [0.15, 0.2) is 11.4 Å². The van der Waals surface area contributed by atoms with Crippen molar-refractivity contribution in [1.29, 1.82) is 0 Å². The molecule has 2 heterocycles. The first-order valence-electron chi connectivity index (χ1n) is 6.35. The van der Waals surface area contributed by atoms with Crippen molar-refractivity contribution in [2.24, 2.45) is 0 Å². The number of nitrogens with zero attached hydrogens (tertiary/aromatic N) is 3. The molecule has 0 spiro atoms. The Morgan fingerprint density at radius 1 is 1.29 bits per heavy atom. The van der Waals surface area contributed by atoms with Crippen LogP contribution in [0.4, 0.5) is 25.1 Å². The van der Waals surface area contributed by atoms with Crippen molar-refractivity contribution in [1.82, 2.24) is 15.0 Å². The molecule has 21 heavy (non-hydrogen) atoms. The molecule has 0 fully saturated rings. The monoisotopic (exact) mass is 315 g/mol. The lowest BCUT2D eigenvalue weighted by atomic mass is 9.94. The summed E-state index contributed by atoms with van der Waals surface area (Å²) < 4.78 is 38.0. The molecule has 5 nitrogen and oxygen atoms in total. The number of aryl methyl sites for hydroxylation is 1. The first-order valence-corrected chi connectivity index (χ1v) is 7.23. The quantitative estimate of drug-likeness (QED) is 0.891. The Morgan fingerprint density at radius 2 is 2.10 bits per heavy atom. The molecular formula is C12H12F3N5S. The van der Waals surface area contributed by atoms with E-state index in [-0.39, 0.29) is 12.0 Å². The molecule has 9 heteroatoms. The van der Waals surface area contributed by atoms with E-state index in [1.165, 1.54) is 4.88 Å². The van der Waals surface area contributed by atoms with Crippen molar-refractivity contribution < 1.29 is 13.2 Å². The van der Waals surface area contributed by atoms with E-state index in [1.807, 2.05) is 11.4 Å². The number of hydrogen-bond donors (Lipinski definition) is 2. The highest BCUT2D eigenvalue weighted by Crippen LogP contribution is 2.35. The van der Waals surface area contributed by atoms with Gasteiger partial charge < -0.3 is 11.1 Å². The van der Waals surface area contributed by atoms with Gasteiger partial charge in [-0.3, -0.25) is 0 Å². The number of hydrogen-bond acceptors (Lipinski definition) is 6. The first-order chi connectivity index (χ1) is 9.93. The van der Waals surface area contributed by atoms with Gasteiger partial charge in [0.15, 0.2) is 0 Å². The molecule has 112 valence electrons. The molecular weight excluding hydrogens is 303 g/mol. The van der Waals surface area contributed by atoms with Crippen molar-refractivity contribution in [2.45, 2.75) is 31.5 Å². The number of aromatic nitrogens is 3. The minimum absolute atomic E-state index is 0.0946. The smallest absolute Gasteiger partial charge is 0.368 e. The summed E-state index contributed by atoms with van der Waals surface area (Å²) in [5.74, 6) is -1.86. The molecule has 0 aromatic carbocycles. The second-order valence-corrected chi connectivity index (χ2v) is 5.73. The number of alkyl halides is 3. The number of anilines is 2. The molecule has 1 aliphatic rings. The van der Waals surface area contributed by atoms with Crippen LogP contribution in [-0.2, 0) is 12.6 Å². The summed E-state index contributed by atoms with van der Waals surface area (Å²) in [6.45, 7) is 0. The molecule has 2 aromatic rings. The fourth-order valence-electron chi connectivity index (χ4n) is 2.38. The molecule has 3 rings (SSSR count). The first kappa shape index (κ1) is 14.1. The van der Waals surface area contributed by atoms with Crippen LogP contribution >= 0.6 is 11.3 Å². The number of nitrogen functional groups attached to an aromatic ring is 1. The average Bonchev–Trinajstić information content (AvgIpc) is 2.86. The van der Waals surface area contributed by atoms with Crippen LogP contribution in [0.1, 0.15) is 35.1 Å². The predicted molar refractivity (Wildman–Crippen MR) is 72.9 cm³/mol. The summed E-state index contributed by atoms with van der Waals surface area (Å²) in [6.07, 6.45) is -1.86. The van der Waals surface area contributed by atoms with Gasteiger partial charge >= 0.3 is 6.18 Å². The van der Waals surface area contributed by atoms with Crippen molar-refractivity contribution in [3.63, 3.8) is 0 Å². The molecule has 2 aromatic heterocycles. The normalized spacial score (nSPS) is 18.3. The summed E-state index contributed by atoms with van der Waals surface area (Å²) in [4.78, 5) is 11.5. The van der Waals surface area contributed by atoms with E-state index in [0.29, 0.717) is 0 Å². The molecule has 0 amide bonds. The van der Waals surface area contributed by atoms with Crippen molar-refractivity contribution in [2.75, 3.05) is 11.1 Å². The molecule has 1 unspecified atom stereocenters. The number of nitrogens with two attached hydrogens (primary N) is 1. The third kappa shape index (κ3) is 2.92. The Kier molecular flexibility index (Phi) is 3.44. The fraction of sp³-hybridized carbons (Fsp3) is 0.417. The van der Waals surface area contributed by atoms with Gasteiger partial charge in [-0.15, -0.1) is 11.3 Å². The van der Waals surface area contributed by atoms with Crippen LogP contribution in [0.5, 0.6) is 0 Å². The van der Waals surface area contributed by atoms with Crippen LogP contribution in [-0.4, -0.2) is 15.0 Å². The summed E-state index contributed by atoms with van der Waals surface area (Å²) in [7, 11) is 0. The average molecular weight is 315 g/mol. The Bertz CT molecular complexity index is 655. The summed E-state index contributed by atoms with van der Waals surface area (Å²) in [6, 6.07) is 1.88. The van der Waals surface area contributed by atoms with E-state index in [1.54, 1.807) is 11.3 Å². The summed E-state index contributed by atoms with van der Waals surface area (Å²) in [5.41, 5.74) is 6.43. The van der Waals surface area contributed by atoms with Gasteiger partial charge in [-0.1, -0.05) is 0 Å². The Morgan fingerprint density at radius 3 is 2.86 bits per heavy atom. The Labute approximate surface area is 122 Å². The van der Waals surface area contributed by atoms with E-state index in [4.69, 9.17) is 5.73 Å². The highest BCUT2D eigenvalue weighted by atomic mass is 32.1. The van der Waals surface area contributed by atoms with E-state index in [0.717, 1.165) is 24.8 Å². The van der Waals surface area contributed by atoms with E-state index >= 15 is 0 Å². The number of nitrogens with one attached hydrogen (secondary N) is 1. The largest absolute Gasteiger partial charge is 0.451 e. The molecule has 3 N–H and O–H groups in total. The van der Waals surface area contributed by atoms with Gasteiger partial charge in [-0.05, 0) is 36.3 Å². The van der Waals surface area contributed by atoms with Gasteiger partial charge in [-0.2, -0.15) is 28.1 Å². The molecule has 0 saturated carbocycles. The van der Waals surface area contributed by atoms with E-state index < -0.39 is 17.9 Å². The van der Waals surface area contributed by atoms with Crippen molar-refractivity contribution in [3.8, 4) is 0 Å². The lowest BCUT2D eigenvalue weighted by molar-refractivity contribution is -0.144. The number of fused-ring (bicyclic) bond motifs is 1. The van der Waals surface area contributed by atoms with Gasteiger partial charge in [0.25, 0.3) is 0 Å². The summed E-state index contributed by atoms with van der Waals surface area (Å²) >= 11 is 1.65. The lowest BCUT2D eigenvalue weighted by Crippen LogP contribution is -2.20. The molecule has 1 atom stereocenters. The number of halogens is 3. The van der Waals surface area contributed by atoms with Crippen LogP contribution in [0.25, 0.3) is 0 Å². The summed E-state index contributed by atoms with van der Waals surface area (Å²) in [5, 5.41) is 4.92. The Hall–Kier alpha value is -1.90. The predicted octanol–water partition coefficient (Wildman–Crippen LogP) is 3.02. The Balaban J connectivity index is 1.88. The topological polar surface area (TPSA) is 76.7 Å². The standard InChI is InChI=1S/C12H12F3N5S/c13-12(14,15)9-18-10(16)20-11(19-9)17-7-2-1-3-8-6(7)4-5-21-8/h4-5,7H,1-3H2,(H3,16,17,18,19,20). The minimum Gasteiger partial charge on any atom is -0.368 e. The molecule has 0 aliphatic heterocycles. The lowest BCUT2D eigenvalue weighted by Gasteiger charge is -2.23. The van der Waals surface area contributed by atoms with Gasteiger partial charge in [0.1, 0.15) is 0 Å². The molecule has 1 aliphatic carbocycles. The van der Waals surface area contributed by atoms with Gasteiger partial charge in [0.05, 0.1) is 6.04 Å². The van der Waals surface area contributed by atoms with Gasteiger partial charge in [-0.25, -0.2) is 0 Å². The number of rotatable bonds is 2.